The summed E-state index contributed by atoms with van der Waals surface area (Å²) in [6.07, 6.45) is 0. The molecule has 9 aromatic carbocycles. The van der Waals surface area contributed by atoms with E-state index in [9.17, 15) is 0 Å². The van der Waals surface area contributed by atoms with Crippen molar-refractivity contribution >= 4 is 71.3 Å². The van der Waals surface area contributed by atoms with Crippen molar-refractivity contribution < 1.29 is 4.42 Å². The number of nitrogens with zero attached hydrogens (tertiary/aromatic N) is 2. The van der Waals surface area contributed by atoms with E-state index in [2.05, 4.69) is 207 Å². The highest BCUT2D eigenvalue weighted by Gasteiger charge is 2.36. The molecule has 4 heteroatoms. The fourth-order valence-electron chi connectivity index (χ4n) is 9.48. The minimum Gasteiger partial charge on any atom is -0.456 e. The molecular formula is C56H38N2OS. The van der Waals surface area contributed by atoms with E-state index in [0.717, 1.165) is 65.9 Å². The molecule has 2 aromatic heterocycles. The van der Waals surface area contributed by atoms with Gasteiger partial charge in [-0.25, -0.2) is 4.98 Å². The molecule has 0 fully saturated rings. The summed E-state index contributed by atoms with van der Waals surface area (Å²) in [6.45, 7) is 4.70. The molecule has 3 nitrogen and oxygen atoms in total. The summed E-state index contributed by atoms with van der Waals surface area (Å²) in [6, 6.07) is 70.2. The lowest BCUT2D eigenvalue weighted by Gasteiger charge is -2.29. The summed E-state index contributed by atoms with van der Waals surface area (Å²) in [5.74, 6) is 0. The molecule has 0 unspecified atom stereocenters. The quantitative estimate of drug-likeness (QED) is 0.168. The van der Waals surface area contributed by atoms with E-state index < -0.39 is 0 Å². The summed E-state index contributed by atoms with van der Waals surface area (Å²) < 4.78 is 7.98. The predicted octanol–water partition coefficient (Wildman–Crippen LogP) is 16.1. The Morgan fingerprint density at radius 1 is 0.467 bits per heavy atom. The summed E-state index contributed by atoms with van der Waals surface area (Å²) in [5.41, 5.74) is 17.0. The van der Waals surface area contributed by atoms with E-state index in [0.29, 0.717) is 0 Å². The molecule has 11 aromatic rings. The van der Waals surface area contributed by atoms with Crippen molar-refractivity contribution in [3.8, 4) is 44.0 Å². The molecule has 60 heavy (non-hydrogen) atoms. The molecular weight excluding hydrogens is 749 g/mol. The number of thiazole rings is 1. The Bertz CT molecular complexity index is 3420. The van der Waals surface area contributed by atoms with Crippen LogP contribution >= 0.6 is 11.3 Å². The van der Waals surface area contributed by atoms with Gasteiger partial charge in [-0.15, -0.1) is 11.3 Å². The lowest BCUT2D eigenvalue weighted by Crippen LogP contribution is -2.16. The minimum atomic E-state index is -0.144. The first-order valence-electron chi connectivity index (χ1n) is 20.5. The van der Waals surface area contributed by atoms with Crippen molar-refractivity contribution in [3.63, 3.8) is 0 Å². The van der Waals surface area contributed by atoms with Gasteiger partial charge >= 0.3 is 0 Å². The normalized spacial score (nSPS) is 13.0. The third-order valence-electron chi connectivity index (χ3n) is 12.5. The van der Waals surface area contributed by atoms with Crippen molar-refractivity contribution in [3.05, 3.63) is 205 Å². The monoisotopic (exact) mass is 786 g/mol. The minimum absolute atomic E-state index is 0.144. The van der Waals surface area contributed by atoms with Gasteiger partial charge in [0.25, 0.3) is 0 Å². The highest BCUT2D eigenvalue weighted by Crippen LogP contribution is 2.52. The van der Waals surface area contributed by atoms with Crippen LogP contribution < -0.4 is 4.90 Å². The largest absolute Gasteiger partial charge is 0.456 e. The standard InChI is InChI=1S/C56H38N2OS/c1-56(2)47-17-9-8-14-42(47)43-30-29-41(33-48(43)56)58(40-27-24-38(25-28-40)37-22-20-36(21-23-37)35-12-4-3-5-13-35)50-34-52-54(45-16-7-6-15-44(45)50)46-32-39(26-31-51(46)59-52)55-57-49-18-10-11-19-53(49)60-55/h3-34H,1-2H3. The zero-order valence-electron chi connectivity index (χ0n) is 33.2. The molecule has 0 aliphatic heterocycles. The second kappa shape index (κ2) is 13.4. The van der Waals surface area contributed by atoms with E-state index in [1.165, 1.54) is 49.2 Å². The molecule has 1 aliphatic rings. The third-order valence-corrected chi connectivity index (χ3v) is 13.6. The van der Waals surface area contributed by atoms with Gasteiger partial charge in [0.15, 0.2) is 0 Å². The van der Waals surface area contributed by atoms with Crippen LogP contribution in [0.4, 0.5) is 17.1 Å². The van der Waals surface area contributed by atoms with Gasteiger partial charge in [0.2, 0.25) is 0 Å². The first kappa shape index (κ1) is 34.7. The number of para-hydroxylation sites is 1. The van der Waals surface area contributed by atoms with E-state index in [1.807, 2.05) is 6.07 Å². The van der Waals surface area contributed by atoms with E-state index >= 15 is 0 Å². The van der Waals surface area contributed by atoms with Gasteiger partial charge in [-0.3, -0.25) is 0 Å². The molecule has 12 rings (SSSR count). The smallest absolute Gasteiger partial charge is 0.138 e. The zero-order chi connectivity index (χ0) is 40.0. The number of benzene rings is 9. The van der Waals surface area contributed by atoms with Gasteiger partial charge in [-0.2, -0.15) is 0 Å². The number of aromatic nitrogens is 1. The first-order valence-corrected chi connectivity index (χ1v) is 21.3. The maximum absolute atomic E-state index is 6.80. The van der Waals surface area contributed by atoms with Crippen LogP contribution in [0.15, 0.2) is 199 Å². The summed E-state index contributed by atoms with van der Waals surface area (Å²) in [4.78, 5) is 7.41. The SMILES string of the molecule is CC1(C)c2ccccc2-c2ccc(N(c3ccc(-c4ccc(-c5ccccc5)cc4)cc3)c3cc4oc5ccc(-c6nc7ccccc7s6)cc5c4c4ccccc34)cc21. The van der Waals surface area contributed by atoms with Crippen LogP contribution in [-0.2, 0) is 5.41 Å². The van der Waals surface area contributed by atoms with Crippen LogP contribution in [-0.4, -0.2) is 4.98 Å². The molecule has 0 amide bonds. The molecule has 2 heterocycles. The number of rotatable bonds is 6. The first-order chi connectivity index (χ1) is 29.5. The Morgan fingerprint density at radius 2 is 1.08 bits per heavy atom. The topological polar surface area (TPSA) is 29.3 Å². The second-order valence-corrected chi connectivity index (χ2v) is 17.4. The van der Waals surface area contributed by atoms with Crippen LogP contribution in [0.25, 0.3) is 86.9 Å². The van der Waals surface area contributed by atoms with Gasteiger partial charge in [0.1, 0.15) is 16.2 Å². The maximum atomic E-state index is 6.80. The summed E-state index contributed by atoms with van der Waals surface area (Å²) >= 11 is 1.73. The number of hydrogen-bond acceptors (Lipinski definition) is 4. The summed E-state index contributed by atoms with van der Waals surface area (Å²) in [5, 5.41) is 5.53. The van der Waals surface area contributed by atoms with Crippen LogP contribution in [0.5, 0.6) is 0 Å². The Kier molecular flexibility index (Phi) is 7.75. The Morgan fingerprint density at radius 3 is 1.87 bits per heavy atom. The van der Waals surface area contributed by atoms with Crippen LogP contribution in [0.2, 0.25) is 0 Å². The number of fused-ring (bicyclic) bond motifs is 9. The van der Waals surface area contributed by atoms with Gasteiger partial charge in [-0.05, 0) is 104 Å². The molecule has 0 N–H and O–H groups in total. The molecule has 284 valence electrons. The third kappa shape index (κ3) is 5.45. The van der Waals surface area contributed by atoms with Gasteiger partial charge < -0.3 is 9.32 Å². The van der Waals surface area contributed by atoms with Crippen LogP contribution in [0.3, 0.4) is 0 Å². The molecule has 0 saturated carbocycles. The second-order valence-electron chi connectivity index (χ2n) is 16.3. The van der Waals surface area contributed by atoms with Crippen LogP contribution in [0.1, 0.15) is 25.0 Å². The van der Waals surface area contributed by atoms with Crippen molar-refractivity contribution in [2.24, 2.45) is 0 Å². The van der Waals surface area contributed by atoms with E-state index in [-0.39, 0.29) is 5.41 Å². The van der Waals surface area contributed by atoms with Crippen molar-refractivity contribution in [2.75, 3.05) is 4.90 Å². The van der Waals surface area contributed by atoms with Gasteiger partial charge in [-0.1, -0.05) is 147 Å². The molecule has 1 aliphatic carbocycles. The Balaban J connectivity index is 1.03. The highest BCUT2D eigenvalue weighted by molar-refractivity contribution is 7.21. The van der Waals surface area contributed by atoms with Crippen LogP contribution in [0, 0.1) is 0 Å². The lowest BCUT2D eigenvalue weighted by atomic mass is 9.82. The fraction of sp³-hybridized carbons (Fsp3) is 0.0536. The lowest BCUT2D eigenvalue weighted by molar-refractivity contribution is 0.660. The number of furan rings is 1. The van der Waals surface area contributed by atoms with Gasteiger partial charge in [0.05, 0.1) is 15.9 Å². The number of anilines is 3. The highest BCUT2D eigenvalue weighted by atomic mass is 32.1. The van der Waals surface area contributed by atoms with Gasteiger partial charge in [0, 0.05) is 44.6 Å². The fourth-order valence-corrected chi connectivity index (χ4v) is 10.4. The molecule has 0 saturated heterocycles. The van der Waals surface area contributed by atoms with Crippen molar-refractivity contribution in [1.82, 2.24) is 4.98 Å². The molecule has 0 bridgehead atoms. The molecule has 0 radical (unpaired) electrons. The maximum Gasteiger partial charge on any atom is 0.138 e. The Labute approximate surface area is 352 Å². The van der Waals surface area contributed by atoms with Crippen molar-refractivity contribution in [2.45, 2.75) is 19.3 Å². The average molecular weight is 787 g/mol. The average Bonchev–Trinajstić information content (AvgIpc) is 3.97. The molecule has 0 spiro atoms. The van der Waals surface area contributed by atoms with Crippen molar-refractivity contribution in [1.29, 1.82) is 0 Å². The molecule has 0 atom stereocenters. The Hall–Kier alpha value is -7.27. The van der Waals surface area contributed by atoms with E-state index in [1.54, 1.807) is 11.3 Å². The number of hydrogen-bond donors (Lipinski definition) is 0. The summed E-state index contributed by atoms with van der Waals surface area (Å²) in [7, 11) is 0. The van der Waals surface area contributed by atoms with E-state index in [4.69, 9.17) is 9.40 Å². The predicted molar refractivity (Wildman–Crippen MR) is 253 cm³/mol. The zero-order valence-corrected chi connectivity index (χ0v) is 34.0.